The normalized spacial score (nSPS) is 11.0. The quantitative estimate of drug-likeness (QED) is 0.432. The van der Waals surface area contributed by atoms with Crippen molar-refractivity contribution in [1.29, 1.82) is 0 Å². The van der Waals surface area contributed by atoms with E-state index in [2.05, 4.69) is 9.97 Å². The van der Waals surface area contributed by atoms with Gasteiger partial charge in [0.2, 0.25) is 0 Å². The molecule has 0 saturated heterocycles. The van der Waals surface area contributed by atoms with Gasteiger partial charge in [0.15, 0.2) is 5.82 Å². The number of hydrogen-bond donors (Lipinski definition) is 0. The Labute approximate surface area is 149 Å². The molecule has 3 aromatic carbocycles. The number of benzene rings is 3. The van der Waals surface area contributed by atoms with Gasteiger partial charge in [0, 0.05) is 10.5 Å². The first-order valence-electron chi connectivity index (χ1n) is 7.97. The summed E-state index contributed by atoms with van der Waals surface area (Å²) < 4.78 is 14.5. The first-order chi connectivity index (χ1) is 12.2. The smallest absolute Gasteiger partial charge is 0.161 e. The molecule has 0 unspecified atom stereocenters. The maximum Gasteiger partial charge on any atom is 0.161 e. The Bertz CT molecular complexity index is 1030. The number of aromatic nitrogens is 2. The van der Waals surface area contributed by atoms with Gasteiger partial charge >= 0.3 is 0 Å². The molecule has 122 valence electrons. The molecule has 0 radical (unpaired) electrons. The van der Waals surface area contributed by atoms with Crippen molar-refractivity contribution in [1.82, 2.24) is 9.97 Å². The lowest BCUT2D eigenvalue weighted by Gasteiger charge is -2.09. The molecule has 2 nitrogen and oxygen atoms in total. The van der Waals surface area contributed by atoms with Gasteiger partial charge in [-0.25, -0.2) is 14.4 Å². The molecular weight excluding hydrogens is 331 g/mol. The molecule has 0 amide bonds. The summed E-state index contributed by atoms with van der Waals surface area (Å²) in [6, 6.07) is 22.9. The zero-order chi connectivity index (χ0) is 17.2. The Morgan fingerprint density at radius 2 is 1.56 bits per heavy atom. The molecule has 1 heterocycles. The van der Waals surface area contributed by atoms with Crippen LogP contribution in [-0.2, 0) is 0 Å². The average molecular weight is 346 g/mol. The van der Waals surface area contributed by atoms with E-state index in [0.717, 1.165) is 10.5 Å². The van der Waals surface area contributed by atoms with Crippen LogP contribution in [0.3, 0.4) is 0 Å². The van der Waals surface area contributed by atoms with Crippen LogP contribution >= 0.6 is 11.8 Å². The van der Waals surface area contributed by atoms with Crippen molar-refractivity contribution >= 4 is 22.7 Å². The summed E-state index contributed by atoms with van der Waals surface area (Å²) in [5.41, 5.74) is 2.72. The van der Waals surface area contributed by atoms with Crippen molar-refractivity contribution in [3.8, 4) is 11.4 Å². The second kappa shape index (κ2) is 6.65. The minimum atomic E-state index is -0.299. The number of hydrogen-bond acceptors (Lipinski definition) is 3. The van der Waals surface area contributed by atoms with Gasteiger partial charge in [-0.3, -0.25) is 0 Å². The van der Waals surface area contributed by atoms with E-state index in [9.17, 15) is 4.39 Å². The highest BCUT2D eigenvalue weighted by molar-refractivity contribution is 7.99. The highest BCUT2D eigenvalue weighted by atomic mass is 32.2. The van der Waals surface area contributed by atoms with Crippen molar-refractivity contribution in [2.75, 3.05) is 0 Å². The molecule has 4 aromatic rings. The summed E-state index contributed by atoms with van der Waals surface area (Å²) in [5.74, 6) is 0.306. The molecule has 4 heteroatoms. The van der Waals surface area contributed by atoms with Crippen molar-refractivity contribution in [2.24, 2.45) is 0 Å². The Kier molecular flexibility index (Phi) is 4.20. The molecule has 0 atom stereocenters. The molecule has 4 rings (SSSR count). The topological polar surface area (TPSA) is 25.8 Å². The lowest BCUT2D eigenvalue weighted by Crippen LogP contribution is -1.95. The zero-order valence-electron chi connectivity index (χ0n) is 13.6. The van der Waals surface area contributed by atoms with Crippen LogP contribution in [0.2, 0.25) is 0 Å². The van der Waals surface area contributed by atoms with E-state index in [1.54, 1.807) is 6.07 Å². The average Bonchev–Trinajstić information content (AvgIpc) is 2.64. The van der Waals surface area contributed by atoms with E-state index in [0.29, 0.717) is 21.8 Å². The predicted octanol–water partition coefficient (Wildman–Crippen LogP) is 5.90. The predicted molar refractivity (Wildman–Crippen MR) is 100 cm³/mol. The minimum Gasteiger partial charge on any atom is -0.228 e. The van der Waals surface area contributed by atoms with Crippen LogP contribution in [0.15, 0.2) is 82.7 Å². The van der Waals surface area contributed by atoms with E-state index >= 15 is 0 Å². The summed E-state index contributed by atoms with van der Waals surface area (Å²) in [4.78, 5) is 10.2. The summed E-state index contributed by atoms with van der Waals surface area (Å²) in [6.07, 6.45) is 0. The third kappa shape index (κ3) is 3.26. The van der Waals surface area contributed by atoms with Gasteiger partial charge < -0.3 is 0 Å². The Morgan fingerprint density at radius 1 is 0.800 bits per heavy atom. The second-order valence-electron chi connectivity index (χ2n) is 5.77. The molecule has 0 N–H and O–H groups in total. The number of rotatable bonds is 3. The van der Waals surface area contributed by atoms with Gasteiger partial charge in [0.1, 0.15) is 10.8 Å². The monoisotopic (exact) mass is 346 g/mol. The standard InChI is InChI=1S/C21H15FN2S/c1-14-10-12-16(13-11-14)25-21-19-17(22)8-5-9-18(19)23-20(24-21)15-6-3-2-4-7-15/h2-13H,1H3. The molecule has 0 aliphatic heterocycles. The van der Waals surface area contributed by atoms with Gasteiger partial charge in [-0.15, -0.1) is 0 Å². The Balaban J connectivity index is 1.89. The maximum atomic E-state index is 14.5. The molecule has 25 heavy (non-hydrogen) atoms. The summed E-state index contributed by atoms with van der Waals surface area (Å²) in [6.45, 7) is 2.04. The first kappa shape index (κ1) is 15.8. The lowest BCUT2D eigenvalue weighted by atomic mass is 10.2. The fraction of sp³-hybridized carbons (Fsp3) is 0.0476. The van der Waals surface area contributed by atoms with E-state index in [4.69, 9.17) is 0 Å². The van der Waals surface area contributed by atoms with Crippen molar-refractivity contribution in [2.45, 2.75) is 16.8 Å². The number of fused-ring (bicyclic) bond motifs is 1. The molecule has 0 aliphatic carbocycles. The van der Waals surface area contributed by atoms with Crippen LogP contribution < -0.4 is 0 Å². The van der Waals surface area contributed by atoms with Crippen molar-refractivity contribution < 1.29 is 4.39 Å². The van der Waals surface area contributed by atoms with Crippen LogP contribution in [0.1, 0.15) is 5.56 Å². The third-order valence-electron chi connectivity index (χ3n) is 3.91. The molecule has 0 bridgehead atoms. The molecule has 0 fully saturated rings. The molecule has 1 aromatic heterocycles. The summed E-state index contributed by atoms with van der Waals surface area (Å²) in [7, 11) is 0. The molecule has 0 saturated carbocycles. The first-order valence-corrected chi connectivity index (χ1v) is 8.78. The highest BCUT2D eigenvalue weighted by Gasteiger charge is 2.14. The summed E-state index contributed by atoms with van der Waals surface area (Å²) in [5, 5.41) is 1.10. The van der Waals surface area contributed by atoms with Crippen LogP contribution in [0, 0.1) is 12.7 Å². The third-order valence-corrected chi connectivity index (χ3v) is 4.90. The van der Waals surface area contributed by atoms with Crippen LogP contribution in [0.5, 0.6) is 0 Å². The number of nitrogens with zero attached hydrogens (tertiary/aromatic N) is 2. The highest BCUT2D eigenvalue weighted by Crippen LogP contribution is 2.34. The minimum absolute atomic E-state index is 0.299. The van der Waals surface area contributed by atoms with Crippen LogP contribution in [0.25, 0.3) is 22.3 Å². The van der Waals surface area contributed by atoms with Crippen molar-refractivity contribution in [3.05, 3.63) is 84.2 Å². The van der Waals surface area contributed by atoms with Gasteiger partial charge in [-0.05, 0) is 31.2 Å². The SMILES string of the molecule is Cc1ccc(Sc2nc(-c3ccccc3)nc3cccc(F)c23)cc1. The fourth-order valence-electron chi connectivity index (χ4n) is 2.62. The van der Waals surface area contributed by atoms with E-state index < -0.39 is 0 Å². The second-order valence-corrected chi connectivity index (χ2v) is 6.83. The Hall–Kier alpha value is -2.72. The summed E-state index contributed by atoms with van der Waals surface area (Å²) >= 11 is 1.46. The largest absolute Gasteiger partial charge is 0.228 e. The van der Waals surface area contributed by atoms with E-state index in [-0.39, 0.29) is 5.82 Å². The number of aryl methyl sites for hydroxylation is 1. The van der Waals surface area contributed by atoms with E-state index in [1.165, 1.54) is 23.4 Å². The lowest BCUT2D eigenvalue weighted by molar-refractivity contribution is 0.636. The van der Waals surface area contributed by atoms with Gasteiger partial charge in [0.05, 0.1) is 10.9 Å². The molecule has 0 aliphatic rings. The zero-order valence-corrected chi connectivity index (χ0v) is 14.4. The Morgan fingerprint density at radius 3 is 2.32 bits per heavy atom. The van der Waals surface area contributed by atoms with E-state index in [1.807, 2.05) is 67.6 Å². The van der Waals surface area contributed by atoms with Gasteiger partial charge in [0.25, 0.3) is 0 Å². The van der Waals surface area contributed by atoms with Crippen LogP contribution in [-0.4, -0.2) is 9.97 Å². The molecular formula is C21H15FN2S. The van der Waals surface area contributed by atoms with Gasteiger partial charge in [-0.1, -0.05) is 65.9 Å². The molecule has 0 spiro atoms. The van der Waals surface area contributed by atoms with Gasteiger partial charge in [-0.2, -0.15) is 0 Å². The fourth-order valence-corrected chi connectivity index (χ4v) is 3.55. The van der Waals surface area contributed by atoms with Crippen molar-refractivity contribution in [3.63, 3.8) is 0 Å². The maximum absolute atomic E-state index is 14.5. The van der Waals surface area contributed by atoms with Crippen LogP contribution in [0.4, 0.5) is 4.39 Å². The number of halogens is 1.